The van der Waals surface area contributed by atoms with Crippen LogP contribution in [0, 0.1) is 0 Å². The van der Waals surface area contributed by atoms with Crippen LogP contribution in [0.4, 0.5) is 0 Å². The number of pyridine rings is 1. The third kappa shape index (κ3) is 7.50. The molecule has 1 rings (SSSR count). The van der Waals surface area contributed by atoms with E-state index in [2.05, 4.69) is 4.98 Å². The first-order valence-electron chi connectivity index (χ1n) is 8.11. The quantitative estimate of drug-likeness (QED) is 0.650. The van der Waals surface area contributed by atoms with Gasteiger partial charge in [0.2, 0.25) is 10.0 Å². The van der Waals surface area contributed by atoms with Gasteiger partial charge in [-0.3, -0.25) is 4.98 Å². The summed E-state index contributed by atoms with van der Waals surface area (Å²) in [5.41, 5.74) is -0.277. The number of hydrogen-bond donors (Lipinski definition) is 0. The highest BCUT2D eigenvalue weighted by molar-refractivity contribution is 7.88. The summed E-state index contributed by atoms with van der Waals surface area (Å²) in [4.78, 5) is 15.9. The Labute approximate surface area is 150 Å². The highest BCUT2D eigenvalue weighted by atomic mass is 32.2. The van der Waals surface area contributed by atoms with Crippen LogP contribution >= 0.6 is 0 Å². The van der Waals surface area contributed by atoms with Gasteiger partial charge in [0.25, 0.3) is 0 Å². The van der Waals surface area contributed by atoms with E-state index in [-0.39, 0.29) is 19.3 Å². The molecule has 0 bridgehead atoms. The molecule has 0 radical (unpaired) electrons. The van der Waals surface area contributed by atoms with Gasteiger partial charge in [0, 0.05) is 24.5 Å². The third-order valence-electron chi connectivity index (χ3n) is 3.28. The number of sulfonamides is 1. The van der Waals surface area contributed by atoms with Crippen LogP contribution in [-0.4, -0.2) is 60.8 Å². The second-order valence-corrected chi connectivity index (χ2v) is 9.02. The molecule has 8 heteroatoms. The van der Waals surface area contributed by atoms with Gasteiger partial charge >= 0.3 is 5.97 Å². The van der Waals surface area contributed by atoms with Crippen molar-refractivity contribution in [3.8, 4) is 0 Å². The molecule has 0 aliphatic heterocycles. The topological polar surface area (TPSA) is 85.8 Å². The molecule has 0 aromatic carbocycles. The molecule has 0 saturated heterocycles. The summed E-state index contributed by atoms with van der Waals surface area (Å²) in [7, 11) is -3.44. The fraction of sp³-hybridized carbons (Fsp3) is 0.647. The van der Waals surface area contributed by atoms with Gasteiger partial charge in [0.05, 0.1) is 17.9 Å². The molecule has 0 unspecified atom stereocenters. The van der Waals surface area contributed by atoms with Crippen molar-refractivity contribution in [2.45, 2.75) is 52.4 Å². The zero-order valence-electron chi connectivity index (χ0n) is 15.7. The smallest absolute Gasteiger partial charge is 0.339 e. The molecule has 0 fully saturated rings. The molecule has 0 saturated carbocycles. The standard InChI is InChI=1S/C17H28N2O5S/c1-13(2)24-15(11-19(17(3,4)5)25(6,21)22)12-23-16(20)14-8-7-9-18-10-14/h7-10,13,15H,11-12H2,1-6H3/t15-/m0/s1. The maximum atomic E-state index is 12.1. The Hall–Kier alpha value is -1.51. The summed E-state index contributed by atoms with van der Waals surface area (Å²) < 4.78 is 36.6. The number of aromatic nitrogens is 1. The zero-order chi connectivity index (χ0) is 19.3. The zero-order valence-corrected chi connectivity index (χ0v) is 16.5. The molecule has 0 aliphatic carbocycles. The molecule has 7 nitrogen and oxygen atoms in total. The van der Waals surface area contributed by atoms with Crippen LogP contribution < -0.4 is 0 Å². The number of hydrogen-bond acceptors (Lipinski definition) is 6. The highest BCUT2D eigenvalue weighted by Gasteiger charge is 2.33. The van der Waals surface area contributed by atoms with Crippen molar-refractivity contribution in [1.82, 2.24) is 9.29 Å². The Balaban J connectivity index is 2.85. The molecular formula is C17H28N2O5S. The molecule has 0 amide bonds. The number of nitrogens with zero attached hydrogens (tertiary/aromatic N) is 2. The number of esters is 1. The first-order chi connectivity index (χ1) is 11.4. The SMILES string of the molecule is CC(C)O[C@H](COC(=O)c1cccnc1)CN(C(C)(C)C)S(C)(=O)=O. The van der Waals surface area contributed by atoms with E-state index < -0.39 is 27.6 Å². The minimum absolute atomic E-state index is 0.0476. The lowest BCUT2D eigenvalue weighted by Gasteiger charge is -2.36. The lowest BCUT2D eigenvalue weighted by Crippen LogP contribution is -2.50. The molecule has 0 spiro atoms. The van der Waals surface area contributed by atoms with E-state index in [1.807, 2.05) is 34.6 Å². The summed E-state index contributed by atoms with van der Waals surface area (Å²) in [5, 5.41) is 0. The van der Waals surface area contributed by atoms with E-state index in [1.54, 1.807) is 18.3 Å². The average Bonchev–Trinajstić information content (AvgIpc) is 2.47. The van der Waals surface area contributed by atoms with Gasteiger partial charge in [0.1, 0.15) is 12.7 Å². The number of carbonyl (C=O) groups excluding carboxylic acids is 1. The van der Waals surface area contributed by atoms with E-state index in [4.69, 9.17) is 9.47 Å². The monoisotopic (exact) mass is 372 g/mol. The van der Waals surface area contributed by atoms with Crippen LogP contribution in [0.3, 0.4) is 0 Å². The second-order valence-electron chi connectivity index (χ2n) is 7.11. The minimum Gasteiger partial charge on any atom is -0.459 e. The van der Waals surface area contributed by atoms with Crippen molar-refractivity contribution < 1.29 is 22.7 Å². The molecular weight excluding hydrogens is 344 g/mol. The number of rotatable bonds is 8. The van der Waals surface area contributed by atoms with E-state index in [1.165, 1.54) is 10.5 Å². The Morgan fingerprint density at radius 1 is 1.32 bits per heavy atom. The van der Waals surface area contributed by atoms with Gasteiger partial charge in [-0.25, -0.2) is 13.2 Å². The van der Waals surface area contributed by atoms with Crippen molar-refractivity contribution in [2.75, 3.05) is 19.4 Å². The lowest BCUT2D eigenvalue weighted by atomic mass is 10.1. The third-order valence-corrected chi connectivity index (χ3v) is 4.78. The van der Waals surface area contributed by atoms with Crippen molar-refractivity contribution in [2.24, 2.45) is 0 Å². The van der Waals surface area contributed by atoms with Crippen LogP contribution in [0.5, 0.6) is 0 Å². The van der Waals surface area contributed by atoms with Crippen LogP contribution in [0.2, 0.25) is 0 Å². The summed E-state index contributed by atoms with van der Waals surface area (Å²) in [6, 6.07) is 3.25. The maximum absolute atomic E-state index is 12.1. The molecule has 142 valence electrons. The molecule has 0 N–H and O–H groups in total. The number of carbonyl (C=O) groups is 1. The van der Waals surface area contributed by atoms with Crippen molar-refractivity contribution in [1.29, 1.82) is 0 Å². The minimum atomic E-state index is -3.44. The van der Waals surface area contributed by atoms with Gasteiger partial charge in [-0.05, 0) is 46.8 Å². The summed E-state index contributed by atoms with van der Waals surface area (Å²) >= 11 is 0. The normalized spacial score (nSPS) is 13.9. The first-order valence-corrected chi connectivity index (χ1v) is 9.96. The van der Waals surface area contributed by atoms with E-state index in [0.717, 1.165) is 6.26 Å². The van der Waals surface area contributed by atoms with Gasteiger partial charge in [-0.1, -0.05) is 0 Å². The predicted octanol–water partition coefficient (Wildman–Crippen LogP) is 2.09. The summed E-state index contributed by atoms with van der Waals surface area (Å²) in [6.07, 6.45) is 3.43. The molecule has 1 aromatic rings. The Morgan fingerprint density at radius 2 is 1.96 bits per heavy atom. The van der Waals surface area contributed by atoms with Gasteiger partial charge in [0.15, 0.2) is 0 Å². The van der Waals surface area contributed by atoms with Gasteiger partial charge in [-0.15, -0.1) is 0 Å². The predicted molar refractivity (Wildman–Crippen MR) is 95.8 cm³/mol. The van der Waals surface area contributed by atoms with Crippen molar-refractivity contribution >= 4 is 16.0 Å². The maximum Gasteiger partial charge on any atom is 0.339 e. The first kappa shape index (κ1) is 21.5. The fourth-order valence-electron chi connectivity index (χ4n) is 2.35. The van der Waals surface area contributed by atoms with Gasteiger partial charge < -0.3 is 9.47 Å². The molecule has 0 aliphatic rings. The summed E-state index contributed by atoms with van der Waals surface area (Å²) in [5.74, 6) is -0.521. The second kappa shape index (κ2) is 8.73. The van der Waals surface area contributed by atoms with E-state index in [9.17, 15) is 13.2 Å². The molecule has 1 atom stereocenters. The van der Waals surface area contributed by atoms with E-state index >= 15 is 0 Å². The van der Waals surface area contributed by atoms with Gasteiger partial charge in [-0.2, -0.15) is 4.31 Å². The van der Waals surface area contributed by atoms with Crippen molar-refractivity contribution in [3.63, 3.8) is 0 Å². The van der Waals surface area contributed by atoms with Crippen molar-refractivity contribution in [3.05, 3.63) is 30.1 Å². The largest absolute Gasteiger partial charge is 0.459 e. The van der Waals surface area contributed by atoms with Crippen LogP contribution in [0.15, 0.2) is 24.5 Å². The number of ether oxygens (including phenoxy) is 2. The fourth-order valence-corrected chi connectivity index (χ4v) is 3.78. The molecule has 25 heavy (non-hydrogen) atoms. The van der Waals surface area contributed by atoms with Crippen LogP contribution in [0.1, 0.15) is 45.0 Å². The average molecular weight is 372 g/mol. The summed E-state index contributed by atoms with van der Waals surface area (Å²) in [6.45, 7) is 9.16. The van der Waals surface area contributed by atoms with Crippen LogP contribution in [-0.2, 0) is 19.5 Å². The van der Waals surface area contributed by atoms with E-state index in [0.29, 0.717) is 5.56 Å². The Bertz CT molecular complexity index is 653. The Morgan fingerprint density at radius 3 is 2.40 bits per heavy atom. The molecule has 1 heterocycles. The van der Waals surface area contributed by atoms with Crippen LogP contribution in [0.25, 0.3) is 0 Å². The Kier molecular flexibility index (Phi) is 7.52. The lowest BCUT2D eigenvalue weighted by molar-refractivity contribution is -0.0455. The molecule has 1 aromatic heterocycles. The highest BCUT2D eigenvalue weighted by Crippen LogP contribution is 2.19.